The minimum absolute atomic E-state index is 0.435. The van der Waals surface area contributed by atoms with Crippen LogP contribution in [0, 0.1) is 5.92 Å². The number of rotatable bonds is 6. The van der Waals surface area contributed by atoms with Crippen LogP contribution in [0.1, 0.15) is 26.7 Å². The van der Waals surface area contributed by atoms with Crippen LogP contribution in [0.25, 0.3) is 0 Å². The van der Waals surface area contributed by atoms with E-state index < -0.39 is 0 Å². The Kier molecular flexibility index (Phi) is 6.15. The Morgan fingerprint density at radius 2 is 2.07 bits per heavy atom. The lowest BCUT2D eigenvalue weighted by molar-refractivity contribution is -0.0305. The molecule has 0 unspecified atom stereocenters. The third-order valence-electron chi connectivity index (χ3n) is 2.35. The third kappa shape index (κ3) is 5.58. The van der Waals surface area contributed by atoms with Gasteiger partial charge in [0, 0.05) is 19.8 Å². The fourth-order valence-electron chi connectivity index (χ4n) is 1.53. The summed E-state index contributed by atoms with van der Waals surface area (Å²) < 4.78 is 11.0. The van der Waals surface area contributed by atoms with Crippen LogP contribution in [0.5, 0.6) is 0 Å². The third-order valence-corrected chi connectivity index (χ3v) is 2.35. The Hall–Kier alpha value is -0.120. The first-order chi connectivity index (χ1) is 6.79. The Morgan fingerprint density at radius 1 is 1.36 bits per heavy atom. The lowest BCUT2D eigenvalue weighted by Crippen LogP contribution is -2.29. The second-order valence-corrected chi connectivity index (χ2v) is 4.28. The van der Waals surface area contributed by atoms with Gasteiger partial charge in [-0.2, -0.15) is 0 Å². The van der Waals surface area contributed by atoms with Crippen LogP contribution in [0.15, 0.2) is 0 Å². The van der Waals surface area contributed by atoms with Gasteiger partial charge in [0.25, 0.3) is 0 Å². The van der Waals surface area contributed by atoms with Crippen molar-refractivity contribution < 1.29 is 9.47 Å². The van der Waals surface area contributed by atoms with E-state index in [0.29, 0.717) is 6.10 Å². The second kappa shape index (κ2) is 7.21. The molecule has 0 saturated carbocycles. The van der Waals surface area contributed by atoms with Gasteiger partial charge in [0.2, 0.25) is 0 Å². The topological polar surface area (TPSA) is 30.5 Å². The van der Waals surface area contributed by atoms with E-state index in [1.54, 1.807) is 0 Å². The van der Waals surface area contributed by atoms with Crippen molar-refractivity contribution in [3.63, 3.8) is 0 Å². The molecule has 0 bridgehead atoms. The molecule has 1 heterocycles. The molecule has 1 rings (SSSR count). The van der Waals surface area contributed by atoms with Crippen LogP contribution in [0.3, 0.4) is 0 Å². The average Bonchev–Trinajstić information content (AvgIpc) is 2.18. The molecule has 1 N–H and O–H groups in total. The van der Waals surface area contributed by atoms with E-state index in [0.717, 1.165) is 51.7 Å². The van der Waals surface area contributed by atoms with E-state index in [1.165, 1.54) is 0 Å². The van der Waals surface area contributed by atoms with Gasteiger partial charge in [-0.25, -0.2) is 0 Å². The van der Waals surface area contributed by atoms with Gasteiger partial charge in [0.1, 0.15) is 0 Å². The fourth-order valence-corrected chi connectivity index (χ4v) is 1.53. The van der Waals surface area contributed by atoms with Gasteiger partial charge in [0.15, 0.2) is 0 Å². The fraction of sp³-hybridized carbons (Fsp3) is 1.00. The van der Waals surface area contributed by atoms with E-state index >= 15 is 0 Å². The summed E-state index contributed by atoms with van der Waals surface area (Å²) >= 11 is 0. The zero-order chi connectivity index (χ0) is 10.2. The molecule has 3 heteroatoms. The predicted octanol–water partition coefficient (Wildman–Crippen LogP) is 1.43. The van der Waals surface area contributed by atoms with Gasteiger partial charge in [-0.15, -0.1) is 0 Å². The first-order valence-corrected chi connectivity index (χ1v) is 5.69. The molecule has 0 spiro atoms. The van der Waals surface area contributed by atoms with Crippen molar-refractivity contribution in [3.05, 3.63) is 0 Å². The summed E-state index contributed by atoms with van der Waals surface area (Å²) in [4.78, 5) is 0. The maximum absolute atomic E-state index is 5.72. The summed E-state index contributed by atoms with van der Waals surface area (Å²) in [5, 5.41) is 3.37. The van der Waals surface area contributed by atoms with Crippen molar-refractivity contribution in [2.45, 2.75) is 32.8 Å². The summed E-state index contributed by atoms with van der Waals surface area (Å²) in [5.41, 5.74) is 0. The Balaban J connectivity index is 1.87. The molecule has 0 aliphatic carbocycles. The summed E-state index contributed by atoms with van der Waals surface area (Å²) in [7, 11) is 0. The van der Waals surface area contributed by atoms with Crippen LogP contribution >= 0.6 is 0 Å². The summed E-state index contributed by atoms with van der Waals surface area (Å²) in [6.45, 7) is 9.04. The number of hydrogen-bond acceptors (Lipinski definition) is 3. The van der Waals surface area contributed by atoms with Gasteiger partial charge in [0.05, 0.1) is 12.7 Å². The van der Waals surface area contributed by atoms with Gasteiger partial charge >= 0.3 is 0 Å². The molecule has 14 heavy (non-hydrogen) atoms. The number of ether oxygens (including phenoxy) is 2. The highest BCUT2D eigenvalue weighted by atomic mass is 16.5. The van der Waals surface area contributed by atoms with Crippen molar-refractivity contribution >= 4 is 0 Å². The van der Waals surface area contributed by atoms with Crippen molar-refractivity contribution in [2.75, 3.05) is 32.9 Å². The zero-order valence-corrected chi connectivity index (χ0v) is 9.42. The molecular formula is C11H23NO2. The van der Waals surface area contributed by atoms with Crippen molar-refractivity contribution in [1.29, 1.82) is 0 Å². The average molecular weight is 201 g/mol. The molecular weight excluding hydrogens is 178 g/mol. The largest absolute Gasteiger partial charge is 0.381 e. The van der Waals surface area contributed by atoms with E-state index in [1.807, 2.05) is 0 Å². The first-order valence-electron chi connectivity index (χ1n) is 5.69. The highest BCUT2D eigenvalue weighted by Gasteiger charge is 2.13. The van der Waals surface area contributed by atoms with Crippen LogP contribution < -0.4 is 5.32 Å². The molecule has 0 radical (unpaired) electrons. The van der Waals surface area contributed by atoms with Crippen molar-refractivity contribution in [3.8, 4) is 0 Å². The minimum atomic E-state index is 0.435. The van der Waals surface area contributed by atoms with E-state index in [-0.39, 0.29) is 0 Å². The molecule has 0 amide bonds. The highest BCUT2D eigenvalue weighted by Crippen LogP contribution is 2.09. The van der Waals surface area contributed by atoms with Crippen LogP contribution in [-0.4, -0.2) is 39.0 Å². The monoisotopic (exact) mass is 201 g/mol. The molecule has 1 saturated heterocycles. The van der Waals surface area contributed by atoms with Crippen LogP contribution in [0.2, 0.25) is 0 Å². The van der Waals surface area contributed by atoms with Gasteiger partial charge in [-0.05, 0) is 25.3 Å². The van der Waals surface area contributed by atoms with E-state index in [9.17, 15) is 0 Å². The van der Waals surface area contributed by atoms with Crippen molar-refractivity contribution in [2.24, 2.45) is 5.92 Å². The standard InChI is InChI=1S/C11H23NO2/c1-10(2)9-12-5-8-14-11-3-6-13-7-4-11/h10-12H,3-9H2,1-2H3. The summed E-state index contributed by atoms with van der Waals surface area (Å²) in [6.07, 6.45) is 2.55. The van der Waals surface area contributed by atoms with Crippen LogP contribution in [0.4, 0.5) is 0 Å². The molecule has 0 aromatic carbocycles. The molecule has 0 atom stereocenters. The Bertz CT molecular complexity index is 133. The lowest BCUT2D eigenvalue weighted by Gasteiger charge is -2.22. The predicted molar refractivity (Wildman–Crippen MR) is 57.5 cm³/mol. The van der Waals surface area contributed by atoms with E-state index in [4.69, 9.17) is 9.47 Å². The molecule has 0 aromatic rings. The Labute approximate surface area is 87.2 Å². The molecule has 1 fully saturated rings. The maximum atomic E-state index is 5.72. The molecule has 3 nitrogen and oxygen atoms in total. The van der Waals surface area contributed by atoms with E-state index in [2.05, 4.69) is 19.2 Å². The SMILES string of the molecule is CC(C)CNCCOC1CCOCC1. The summed E-state index contributed by atoms with van der Waals surface area (Å²) in [5.74, 6) is 0.720. The van der Waals surface area contributed by atoms with Gasteiger partial charge < -0.3 is 14.8 Å². The summed E-state index contributed by atoms with van der Waals surface area (Å²) in [6, 6.07) is 0. The molecule has 1 aliphatic rings. The van der Waals surface area contributed by atoms with Crippen LogP contribution in [-0.2, 0) is 9.47 Å². The molecule has 84 valence electrons. The second-order valence-electron chi connectivity index (χ2n) is 4.28. The van der Waals surface area contributed by atoms with Gasteiger partial charge in [-0.1, -0.05) is 13.8 Å². The first kappa shape index (κ1) is 12.0. The lowest BCUT2D eigenvalue weighted by atomic mass is 10.2. The number of hydrogen-bond donors (Lipinski definition) is 1. The maximum Gasteiger partial charge on any atom is 0.0619 e. The quantitative estimate of drug-likeness (QED) is 0.659. The molecule has 0 aromatic heterocycles. The zero-order valence-electron chi connectivity index (χ0n) is 9.42. The highest BCUT2D eigenvalue weighted by molar-refractivity contribution is 4.62. The number of nitrogens with one attached hydrogen (secondary N) is 1. The molecule has 1 aliphatic heterocycles. The minimum Gasteiger partial charge on any atom is -0.381 e. The normalized spacial score (nSPS) is 19.1. The smallest absolute Gasteiger partial charge is 0.0619 e. The van der Waals surface area contributed by atoms with Crippen molar-refractivity contribution in [1.82, 2.24) is 5.32 Å². The van der Waals surface area contributed by atoms with Gasteiger partial charge in [-0.3, -0.25) is 0 Å². The Morgan fingerprint density at radius 3 is 2.71 bits per heavy atom.